The van der Waals surface area contributed by atoms with Gasteiger partial charge < -0.3 is 24.8 Å². The van der Waals surface area contributed by atoms with Crippen LogP contribution in [-0.2, 0) is 4.79 Å². The minimum absolute atomic E-state index is 0.0731. The smallest absolute Gasteiger partial charge is 0.474 e. The van der Waals surface area contributed by atoms with E-state index in [1.807, 2.05) is 0 Å². The molecule has 2 N–H and O–H groups in total. The number of hydrogen-bond donors (Lipinski definition) is 2. The first-order valence-corrected chi connectivity index (χ1v) is 8.65. The fraction of sp³-hybridized carbons (Fsp3) is 0.588. The second-order valence-corrected chi connectivity index (χ2v) is 7.14. The standard InChI is InChI=1S/C17H21F4N3O5/c1-16(2,9-28-13-12(4-3-6-22-13)29-17(19,20)21)14(25)23-11-5-7-24(15(26)27)8-10(11)18/h3-4,6,10-11H,5,7-9H2,1-2H3,(H,23,25)(H,26,27)/t10-,11-/m0/s1. The summed E-state index contributed by atoms with van der Waals surface area (Å²) in [5.74, 6) is -1.69. The summed E-state index contributed by atoms with van der Waals surface area (Å²) in [5.41, 5.74) is -1.24. The molecule has 0 spiro atoms. The van der Waals surface area contributed by atoms with E-state index in [4.69, 9.17) is 9.84 Å². The van der Waals surface area contributed by atoms with Crippen molar-refractivity contribution in [1.29, 1.82) is 0 Å². The number of amides is 2. The van der Waals surface area contributed by atoms with Gasteiger partial charge in [-0.1, -0.05) is 0 Å². The van der Waals surface area contributed by atoms with Gasteiger partial charge in [0.1, 0.15) is 12.8 Å². The number of rotatable bonds is 6. The molecular formula is C17H21F4N3O5. The van der Waals surface area contributed by atoms with Crippen molar-refractivity contribution in [2.45, 2.75) is 38.8 Å². The summed E-state index contributed by atoms with van der Waals surface area (Å²) in [6.07, 6.45) is -6.45. The Kier molecular flexibility index (Phi) is 6.75. The molecule has 12 heteroatoms. The van der Waals surface area contributed by atoms with Crippen molar-refractivity contribution in [3.05, 3.63) is 18.3 Å². The highest BCUT2D eigenvalue weighted by molar-refractivity contribution is 5.82. The first kappa shape index (κ1) is 22.5. The molecule has 0 saturated carbocycles. The van der Waals surface area contributed by atoms with Crippen LogP contribution in [0.25, 0.3) is 0 Å². The molecule has 1 aliphatic rings. The second-order valence-electron chi connectivity index (χ2n) is 7.14. The van der Waals surface area contributed by atoms with Crippen LogP contribution in [0.15, 0.2) is 18.3 Å². The van der Waals surface area contributed by atoms with E-state index in [0.717, 1.165) is 11.0 Å². The highest BCUT2D eigenvalue weighted by Gasteiger charge is 2.37. The Balaban J connectivity index is 1.96. The van der Waals surface area contributed by atoms with Gasteiger partial charge in [0.15, 0.2) is 5.75 Å². The number of nitrogens with one attached hydrogen (secondary N) is 1. The molecule has 0 aliphatic carbocycles. The number of piperidine rings is 1. The Morgan fingerprint density at radius 2 is 2.07 bits per heavy atom. The van der Waals surface area contributed by atoms with Crippen molar-refractivity contribution >= 4 is 12.0 Å². The molecule has 1 aromatic heterocycles. The van der Waals surface area contributed by atoms with Crippen molar-refractivity contribution in [3.8, 4) is 11.6 Å². The zero-order valence-corrected chi connectivity index (χ0v) is 15.7. The number of aromatic nitrogens is 1. The fourth-order valence-electron chi connectivity index (χ4n) is 2.61. The quantitative estimate of drug-likeness (QED) is 0.683. The molecule has 0 radical (unpaired) electrons. The maximum absolute atomic E-state index is 14.2. The van der Waals surface area contributed by atoms with Crippen LogP contribution in [0.4, 0.5) is 22.4 Å². The summed E-state index contributed by atoms with van der Waals surface area (Å²) in [4.78, 5) is 28.0. The zero-order chi connectivity index (χ0) is 21.8. The molecule has 2 heterocycles. The number of ether oxygens (including phenoxy) is 2. The van der Waals surface area contributed by atoms with Gasteiger partial charge in [-0.25, -0.2) is 14.2 Å². The third-order valence-corrected chi connectivity index (χ3v) is 4.27. The molecule has 0 aromatic carbocycles. The number of carboxylic acid groups (broad SMARTS) is 1. The average molecular weight is 423 g/mol. The number of carbonyl (C=O) groups excluding carboxylic acids is 1. The maximum Gasteiger partial charge on any atom is 0.573 e. The van der Waals surface area contributed by atoms with E-state index in [1.54, 1.807) is 0 Å². The lowest BCUT2D eigenvalue weighted by molar-refractivity contribution is -0.275. The largest absolute Gasteiger partial charge is 0.573 e. The summed E-state index contributed by atoms with van der Waals surface area (Å²) in [7, 11) is 0. The van der Waals surface area contributed by atoms with Crippen LogP contribution in [0.3, 0.4) is 0 Å². The first-order valence-electron chi connectivity index (χ1n) is 8.65. The Morgan fingerprint density at radius 1 is 1.38 bits per heavy atom. The van der Waals surface area contributed by atoms with Crippen LogP contribution in [0.1, 0.15) is 20.3 Å². The van der Waals surface area contributed by atoms with Crippen molar-refractivity contribution in [1.82, 2.24) is 15.2 Å². The van der Waals surface area contributed by atoms with Crippen LogP contribution >= 0.6 is 0 Å². The van der Waals surface area contributed by atoms with E-state index in [9.17, 15) is 27.2 Å². The summed E-state index contributed by atoms with van der Waals surface area (Å²) >= 11 is 0. The predicted octanol–water partition coefficient (Wildman–Crippen LogP) is 2.59. The van der Waals surface area contributed by atoms with Gasteiger partial charge in [0, 0.05) is 12.7 Å². The van der Waals surface area contributed by atoms with E-state index < -0.39 is 47.6 Å². The van der Waals surface area contributed by atoms with Crippen LogP contribution in [0.5, 0.6) is 11.6 Å². The highest BCUT2D eigenvalue weighted by atomic mass is 19.4. The molecule has 29 heavy (non-hydrogen) atoms. The predicted molar refractivity (Wildman–Crippen MR) is 91.2 cm³/mol. The molecule has 1 aromatic rings. The van der Waals surface area contributed by atoms with Gasteiger partial charge in [-0.05, 0) is 32.4 Å². The van der Waals surface area contributed by atoms with Crippen LogP contribution in [0, 0.1) is 5.41 Å². The summed E-state index contributed by atoms with van der Waals surface area (Å²) in [6.45, 7) is 2.30. The van der Waals surface area contributed by atoms with E-state index in [2.05, 4.69) is 15.0 Å². The first-order chi connectivity index (χ1) is 13.4. The molecule has 1 fully saturated rings. The Morgan fingerprint density at radius 3 is 2.66 bits per heavy atom. The highest BCUT2D eigenvalue weighted by Crippen LogP contribution is 2.31. The summed E-state index contributed by atoms with van der Waals surface area (Å²) in [5, 5.41) is 11.4. The second kappa shape index (κ2) is 8.70. The summed E-state index contributed by atoms with van der Waals surface area (Å²) in [6, 6.07) is 1.38. The van der Waals surface area contributed by atoms with E-state index in [-0.39, 0.29) is 26.1 Å². The van der Waals surface area contributed by atoms with Gasteiger partial charge in [0.2, 0.25) is 5.91 Å². The monoisotopic (exact) mass is 423 g/mol. The lowest BCUT2D eigenvalue weighted by atomic mass is 9.92. The topological polar surface area (TPSA) is 101 Å². The third-order valence-electron chi connectivity index (χ3n) is 4.27. The maximum atomic E-state index is 14.2. The molecular weight excluding hydrogens is 402 g/mol. The van der Waals surface area contributed by atoms with Crippen molar-refractivity contribution < 1.29 is 41.7 Å². The van der Waals surface area contributed by atoms with Crippen LogP contribution < -0.4 is 14.8 Å². The number of hydrogen-bond acceptors (Lipinski definition) is 5. The Hall–Kier alpha value is -2.79. The molecule has 162 valence electrons. The van der Waals surface area contributed by atoms with Crippen LogP contribution in [0.2, 0.25) is 0 Å². The van der Waals surface area contributed by atoms with Crippen molar-refractivity contribution in [2.24, 2.45) is 5.41 Å². The van der Waals surface area contributed by atoms with Gasteiger partial charge in [0.25, 0.3) is 5.88 Å². The number of pyridine rings is 1. The Bertz CT molecular complexity index is 744. The molecule has 2 atom stereocenters. The van der Waals surface area contributed by atoms with Gasteiger partial charge in [-0.2, -0.15) is 0 Å². The molecule has 2 amide bonds. The number of carbonyl (C=O) groups is 2. The minimum atomic E-state index is -4.94. The van der Waals surface area contributed by atoms with Crippen molar-refractivity contribution in [3.63, 3.8) is 0 Å². The fourth-order valence-corrected chi connectivity index (χ4v) is 2.61. The number of alkyl halides is 4. The lowest BCUT2D eigenvalue weighted by Gasteiger charge is -2.35. The summed E-state index contributed by atoms with van der Waals surface area (Å²) < 4.78 is 60.6. The van der Waals surface area contributed by atoms with E-state index in [0.29, 0.717) is 0 Å². The number of nitrogens with zero attached hydrogens (tertiary/aromatic N) is 2. The molecule has 1 aliphatic heterocycles. The van der Waals surface area contributed by atoms with E-state index in [1.165, 1.54) is 26.1 Å². The van der Waals surface area contributed by atoms with Gasteiger partial charge in [-0.15, -0.1) is 13.2 Å². The SMILES string of the molecule is CC(C)(COc1ncccc1OC(F)(F)F)C(=O)N[C@H]1CCN(C(=O)O)C[C@@H]1F. The average Bonchev–Trinajstić information content (AvgIpc) is 2.61. The van der Waals surface area contributed by atoms with Gasteiger partial charge >= 0.3 is 12.5 Å². The molecule has 0 bridgehead atoms. The normalized spacial score (nSPS) is 20.1. The van der Waals surface area contributed by atoms with Crippen molar-refractivity contribution in [2.75, 3.05) is 19.7 Å². The Labute approximate surface area is 163 Å². The van der Waals surface area contributed by atoms with Crippen LogP contribution in [-0.4, -0.2) is 65.3 Å². The van der Waals surface area contributed by atoms with Gasteiger partial charge in [-0.3, -0.25) is 4.79 Å². The molecule has 1 saturated heterocycles. The van der Waals surface area contributed by atoms with E-state index >= 15 is 0 Å². The number of halogens is 4. The lowest BCUT2D eigenvalue weighted by Crippen LogP contribution is -2.56. The molecule has 0 unspecified atom stereocenters. The third kappa shape index (κ3) is 6.36. The number of likely N-dealkylation sites (tertiary alicyclic amines) is 1. The molecule has 2 rings (SSSR count). The minimum Gasteiger partial charge on any atom is -0.474 e. The molecule has 8 nitrogen and oxygen atoms in total. The zero-order valence-electron chi connectivity index (χ0n) is 15.7. The van der Waals surface area contributed by atoms with Gasteiger partial charge in [0.05, 0.1) is 18.0 Å².